The summed E-state index contributed by atoms with van der Waals surface area (Å²) in [5.41, 5.74) is -1.06. The fourth-order valence-electron chi connectivity index (χ4n) is 2.82. The van der Waals surface area contributed by atoms with Gasteiger partial charge in [0.2, 0.25) is 0 Å². The van der Waals surface area contributed by atoms with Gasteiger partial charge in [0.1, 0.15) is 0 Å². The Morgan fingerprint density at radius 2 is 0.870 bits per heavy atom. The van der Waals surface area contributed by atoms with Gasteiger partial charge < -0.3 is 0 Å². The van der Waals surface area contributed by atoms with Crippen LogP contribution in [0.25, 0.3) is 0 Å². The molecule has 0 aromatic rings. The molecule has 0 aliphatic rings. The Morgan fingerprint density at radius 1 is 0.565 bits per heavy atom. The van der Waals surface area contributed by atoms with Gasteiger partial charge >= 0.3 is 0 Å². The van der Waals surface area contributed by atoms with Gasteiger partial charge in [-0.25, -0.2) is 0 Å². The van der Waals surface area contributed by atoms with Gasteiger partial charge in [-0.05, 0) is 44.9 Å². The molecule has 23 heavy (non-hydrogen) atoms. The molecule has 130 valence electrons. The molecule has 0 saturated carbocycles. The van der Waals surface area contributed by atoms with Gasteiger partial charge in [0.25, 0.3) is 0 Å². The highest BCUT2D eigenvalue weighted by Crippen LogP contribution is 2.44. The number of hydrogen-bond donors (Lipinski definition) is 0. The molecule has 0 radical (unpaired) electrons. The Kier molecular flexibility index (Phi) is 9.22. The lowest BCUT2D eigenvalue weighted by atomic mass is 9.64. The van der Waals surface area contributed by atoms with Crippen LogP contribution in [0.4, 0.5) is 0 Å². The van der Waals surface area contributed by atoms with E-state index in [2.05, 4.69) is 52.8 Å². The second kappa shape index (κ2) is 8.93. The van der Waals surface area contributed by atoms with Crippen molar-refractivity contribution in [3.8, 4) is 18.2 Å². The van der Waals surface area contributed by atoms with E-state index in [-0.39, 0.29) is 10.8 Å². The van der Waals surface area contributed by atoms with Crippen molar-refractivity contribution in [1.29, 1.82) is 15.8 Å². The van der Waals surface area contributed by atoms with Gasteiger partial charge in [0, 0.05) is 0 Å². The first-order chi connectivity index (χ1) is 10.4. The number of rotatable bonds is 5. The lowest BCUT2D eigenvalue weighted by molar-refractivity contribution is 0.142. The highest BCUT2D eigenvalue weighted by molar-refractivity contribution is 5.14. The molecule has 0 N–H and O–H groups in total. The van der Waals surface area contributed by atoms with Gasteiger partial charge in [-0.2, -0.15) is 15.8 Å². The smallest absolute Gasteiger partial charge is 0.0726 e. The van der Waals surface area contributed by atoms with Crippen molar-refractivity contribution < 1.29 is 0 Å². The minimum absolute atomic E-state index is 0.102. The highest BCUT2D eigenvalue weighted by atomic mass is 14.5. The van der Waals surface area contributed by atoms with Crippen LogP contribution in [-0.2, 0) is 0 Å². The first-order valence-corrected chi connectivity index (χ1v) is 8.66. The van der Waals surface area contributed by atoms with Crippen LogP contribution < -0.4 is 0 Å². The fraction of sp³-hybridized carbons (Fsp3) is 0.850. The van der Waals surface area contributed by atoms with E-state index >= 15 is 0 Å². The van der Waals surface area contributed by atoms with E-state index in [1.807, 2.05) is 27.7 Å². The maximum absolute atomic E-state index is 9.06. The normalized spacial score (nSPS) is 16.4. The van der Waals surface area contributed by atoms with Crippen molar-refractivity contribution in [2.45, 2.75) is 88.0 Å². The van der Waals surface area contributed by atoms with Crippen LogP contribution >= 0.6 is 0 Å². The quantitative estimate of drug-likeness (QED) is 0.603. The fourth-order valence-corrected chi connectivity index (χ4v) is 2.82. The average molecular weight is 318 g/mol. The molecule has 0 amide bonds. The molecular weight excluding hydrogens is 282 g/mol. The van der Waals surface area contributed by atoms with Crippen LogP contribution in [0, 0.1) is 55.7 Å². The SMILES string of the molecule is CCC(C#N)(CC)C(C)(C)C.CCC(C)(C#N)C(C)(C#N)CC. The second-order valence-electron chi connectivity index (χ2n) is 7.75. The minimum atomic E-state index is -0.517. The topological polar surface area (TPSA) is 71.4 Å². The van der Waals surface area contributed by atoms with E-state index in [4.69, 9.17) is 15.8 Å². The zero-order valence-corrected chi connectivity index (χ0v) is 16.7. The van der Waals surface area contributed by atoms with Crippen molar-refractivity contribution in [2.24, 2.45) is 21.7 Å². The van der Waals surface area contributed by atoms with Crippen LogP contribution in [0.3, 0.4) is 0 Å². The summed E-state index contributed by atoms with van der Waals surface area (Å²) < 4.78 is 0. The zero-order chi connectivity index (χ0) is 18.9. The number of hydrogen-bond acceptors (Lipinski definition) is 3. The summed E-state index contributed by atoms with van der Waals surface area (Å²) in [4.78, 5) is 0. The zero-order valence-electron chi connectivity index (χ0n) is 16.7. The van der Waals surface area contributed by atoms with E-state index in [0.29, 0.717) is 0 Å². The molecule has 0 fully saturated rings. The van der Waals surface area contributed by atoms with E-state index in [1.54, 1.807) is 0 Å². The minimum Gasteiger partial charge on any atom is -0.198 e. The van der Waals surface area contributed by atoms with E-state index in [0.717, 1.165) is 25.7 Å². The first-order valence-electron chi connectivity index (χ1n) is 8.66. The van der Waals surface area contributed by atoms with Crippen molar-refractivity contribution in [1.82, 2.24) is 0 Å². The highest BCUT2D eigenvalue weighted by Gasteiger charge is 2.42. The molecule has 0 heterocycles. The lowest BCUT2D eigenvalue weighted by Gasteiger charge is -2.37. The summed E-state index contributed by atoms with van der Waals surface area (Å²) in [6.07, 6.45) is 3.34. The van der Waals surface area contributed by atoms with Crippen molar-refractivity contribution in [3.05, 3.63) is 0 Å². The standard InChI is InChI=1S/C10H16N2.C10H19N/c1-5-9(3,7-11)10(4,6-2)8-12;1-6-10(7-2,8-11)9(3,4)5/h5-6H2,1-4H3;6-7H2,1-5H3. The third kappa shape index (κ3) is 4.97. The average Bonchev–Trinajstić information content (AvgIpc) is 2.54. The van der Waals surface area contributed by atoms with Gasteiger partial charge in [0.15, 0.2) is 0 Å². The molecule has 0 aromatic carbocycles. The summed E-state index contributed by atoms with van der Waals surface area (Å²) in [6.45, 7) is 18.2. The molecule has 3 heteroatoms. The molecule has 0 spiro atoms. The summed E-state index contributed by atoms with van der Waals surface area (Å²) >= 11 is 0. The molecule has 0 aliphatic heterocycles. The van der Waals surface area contributed by atoms with Gasteiger partial charge in [-0.3, -0.25) is 0 Å². The summed E-state index contributed by atoms with van der Waals surface area (Å²) in [5, 5.41) is 27.0. The molecule has 0 aromatic heterocycles. The van der Waals surface area contributed by atoms with E-state index < -0.39 is 10.8 Å². The van der Waals surface area contributed by atoms with Crippen LogP contribution in [-0.4, -0.2) is 0 Å². The largest absolute Gasteiger partial charge is 0.198 e. The molecule has 3 nitrogen and oxygen atoms in total. The van der Waals surface area contributed by atoms with E-state index in [1.165, 1.54) is 0 Å². The molecule has 2 atom stereocenters. The second-order valence-corrected chi connectivity index (χ2v) is 7.75. The van der Waals surface area contributed by atoms with Crippen molar-refractivity contribution in [3.63, 3.8) is 0 Å². The number of nitriles is 3. The maximum atomic E-state index is 9.06. The third-order valence-corrected chi connectivity index (χ3v) is 5.98. The Hall–Kier alpha value is -1.53. The molecule has 2 unspecified atom stereocenters. The summed E-state index contributed by atoms with van der Waals surface area (Å²) in [7, 11) is 0. The monoisotopic (exact) mass is 317 g/mol. The molecule has 0 aliphatic carbocycles. The third-order valence-electron chi connectivity index (χ3n) is 5.98. The molecular formula is C20H35N3. The van der Waals surface area contributed by atoms with E-state index in [9.17, 15) is 0 Å². The first kappa shape index (κ1) is 23.7. The summed E-state index contributed by atoms with van der Waals surface area (Å²) in [6, 6.07) is 6.95. The predicted molar refractivity (Wildman–Crippen MR) is 96.1 cm³/mol. The van der Waals surface area contributed by atoms with Crippen molar-refractivity contribution >= 4 is 0 Å². The van der Waals surface area contributed by atoms with Gasteiger partial charge in [0.05, 0.1) is 34.5 Å². The Morgan fingerprint density at radius 3 is 0.913 bits per heavy atom. The Bertz CT molecular complexity index is 451. The van der Waals surface area contributed by atoms with Crippen LogP contribution in [0.2, 0.25) is 0 Å². The maximum Gasteiger partial charge on any atom is 0.0726 e. The van der Waals surface area contributed by atoms with Crippen LogP contribution in [0.5, 0.6) is 0 Å². The predicted octanol–water partition coefficient (Wildman–Crippen LogP) is 6.23. The molecule has 0 saturated heterocycles. The summed E-state index contributed by atoms with van der Waals surface area (Å²) in [5.74, 6) is 0. The van der Waals surface area contributed by atoms with Crippen LogP contribution in [0.15, 0.2) is 0 Å². The Labute approximate surface area is 144 Å². The Balaban J connectivity index is 0. The molecule has 0 bridgehead atoms. The van der Waals surface area contributed by atoms with Crippen molar-refractivity contribution in [2.75, 3.05) is 0 Å². The lowest BCUT2D eigenvalue weighted by Crippen LogP contribution is -2.34. The van der Waals surface area contributed by atoms with Gasteiger partial charge in [-0.1, -0.05) is 48.5 Å². The van der Waals surface area contributed by atoms with Gasteiger partial charge in [-0.15, -0.1) is 0 Å². The number of nitrogens with zero attached hydrogens (tertiary/aromatic N) is 3. The molecule has 0 rings (SSSR count). The van der Waals surface area contributed by atoms with Crippen LogP contribution in [0.1, 0.15) is 88.0 Å².